The van der Waals surface area contributed by atoms with Crippen molar-refractivity contribution in [1.82, 2.24) is 4.90 Å². The Labute approximate surface area is 167 Å². The van der Waals surface area contributed by atoms with Gasteiger partial charge >= 0.3 is 0 Å². The van der Waals surface area contributed by atoms with E-state index in [9.17, 15) is 0 Å². The van der Waals surface area contributed by atoms with Gasteiger partial charge in [-0.05, 0) is 30.4 Å². The van der Waals surface area contributed by atoms with Gasteiger partial charge in [0, 0.05) is 19.2 Å². The molecule has 1 aliphatic heterocycles. The average Bonchev–Trinajstić information content (AvgIpc) is 2.77. The standard InChI is InChI=1S/C23H29N3O2/c24-22(26-14-8-3-9-15-26)16-21(27-17-19-10-4-1-5-11-19)23(25)28-18-20-12-6-2-7-13-20/h1-2,4-7,10-13,16H,3,8-9,14-15,17-18,24-25H2/b22-16+,23-21-. The lowest BCUT2D eigenvalue weighted by atomic mass is 10.1. The molecule has 0 saturated carbocycles. The van der Waals surface area contributed by atoms with Crippen LogP contribution < -0.4 is 11.5 Å². The van der Waals surface area contributed by atoms with Gasteiger partial charge in [-0.3, -0.25) is 0 Å². The summed E-state index contributed by atoms with van der Waals surface area (Å²) in [6, 6.07) is 19.9. The van der Waals surface area contributed by atoms with E-state index < -0.39 is 0 Å². The molecule has 0 amide bonds. The van der Waals surface area contributed by atoms with Gasteiger partial charge in [0.2, 0.25) is 5.88 Å². The lowest BCUT2D eigenvalue weighted by Gasteiger charge is -2.29. The highest BCUT2D eigenvalue weighted by atomic mass is 16.5. The molecule has 5 heteroatoms. The number of nitrogens with two attached hydrogens (primary N) is 2. The molecule has 0 aliphatic carbocycles. The quantitative estimate of drug-likeness (QED) is 0.539. The first-order valence-electron chi connectivity index (χ1n) is 9.77. The van der Waals surface area contributed by atoms with Crippen LogP contribution in [0.15, 0.2) is 84.2 Å². The van der Waals surface area contributed by atoms with E-state index in [-0.39, 0.29) is 5.88 Å². The van der Waals surface area contributed by atoms with Crippen LogP contribution in [0.2, 0.25) is 0 Å². The van der Waals surface area contributed by atoms with Crippen molar-refractivity contribution in [2.45, 2.75) is 32.5 Å². The molecule has 1 heterocycles. The largest absolute Gasteiger partial charge is 0.483 e. The van der Waals surface area contributed by atoms with Gasteiger partial charge in [0.25, 0.3) is 0 Å². The minimum absolute atomic E-state index is 0.236. The molecular weight excluding hydrogens is 350 g/mol. The van der Waals surface area contributed by atoms with Crippen molar-refractivity contribution in [3.63, 3.8) is 0 Å². The van der Waals surface area contributed by atoms with Crippen LogP contribution >= 0.6 is 0 Å². The zero-order valence-electron chi connectivity index (χ0n) is 16.2. The normalized spacial score (nSPS) is 15.7. The maximum absolute atomic E-state index is 6.33. The van der Waals surface area contributed by atoms with Crippen molar-refractivity contribution in [2.24, 2.45) is 11.5 Å². The fourth-order valence-corrected chi connectivity index (χ4v) is 3.10. The maximum Gasteiger partial charge on any atom is 0.228 e. The molecule has 3 rings (SSSR count). The zero-order valence-corrected chi connectivity index (χ0v) is 16.2. The predicted octanol–water partition coefficient (Wildman–Crippen LogP) is 3.83. The number of likely N-dealkylation sites (tertiary alicyclic amines) is 1. The van der Waals surface area contributed by atoms with Crippen molar-refractivity contribution in [1.29, 1.82) is 0 Å². The molecule has 1 saturated heterocycles. The van der Waals surface area contributed by atoms with Crippen LogP contribution in [0.5, 0.6) is 0 Å². The molecule has 1 aliphatic rings. The summed E-state index contributed by atoms with van der Waals surface area (Å²) >= 11 is 0. The van der Waals surface area contributed by atoms with Gasteiger partial charge in [-0.15, -0.1) is 0 Å². The minimum atomic E-state index is 0.236. The molecule has 0 atom stereocenters. The number of hydrogen-bond donors (Lipinski definition) is 2. The number of ether oxygens (including phenoxy) is 2. The summed E-state index contributed by atoms with van der Waals surface area (Å²) < 4.78 is 11.8. The first kappa shape index (κ1) is 19.7. The molecular formula is C23H29N3O2. The van der Waals surface area contributed by atoms with Gasteiger partial charge in [-0.2, -0.15) is 0 Å². The van der Waals surface area contributed by atoms with Gasteiger partial charge in [0.05, 0.1) is 0 Å². The highest BCUT2D eigenvalue weighted by Crippen LogP contribution is 2.17. The molecule has 148 valence electrons. The summed E-state index contributed by atoms with van der Waals surface area (Å²) in [5.74, 6) is 1.36. The SMILES string of the molecule is N/C(OCc1ccccc1)=C(\C=C(/N)N1CCCCC1)OCc1ccccc1. The van der Waals surface area contributed by atoms with Crippen LogP contribution in [0.1, 0.15) is 30.4 Å². The predicted molar refractivity (Wildman–Crippen MR) is 111 cm³/mol. The van der Waals surface area contributed by atoms with Crippen molar-refractivity contribution in [3.8, 4) is 0 Å². The van der Waals surface area contributed by atoms with Crippen molar-refractivity contribution < 1.29 is 9.47 Å². The van der Waals surface area contributed by atoms with Crippen molar-refractivity contribution >= 4 is 0 Å². The van der Waals surface area contributed by atoms with E-state index in [0.717, 1.165) is 37.1 Å². The molecule has 0 aromatic heterocycles. The molecule has 1 fully saturated rings. The second kappa shape index (κ2) is 10.3. The van der Waals surface area contributed by atoms with E-state index in [1.807, 2.05) is 60.7 Å². The summed E-state index contributed by atoms with van der Waals surface area (Å²) in [7, 11) is 0. The van der Waals surface area contributed by atoms with E-state index in [2.05, 4.69) is 4.90 Å². The molecule has 28 heavy (non-hydrogen) atoms. The van der Waals surface area contributed by atoms with Gasteiger partial charge in [-0.25, -0.2) is 0 Å². The van der Waals surface area contributed by atoms with Crippen LogP contribution in [-0.2, 0) is 22.7 Å². The topological polar surface area (TPSA) is 73.7 Å². The number of piperidine rings is 1. The Balaban J connectivity index is 1.73. The van der Waals surface area contributed by atoms with E-state index in [1.165, 1.54) is 6.42 Å². The lowest BCUT2D eigenvalue weighted by Crippen LogP contribution is -2.33. The lowest BCUT2D eigenvalue weighted by molar-refractivity contribution is 0.143. The number of allylic oxidation sites excluding steroid dienone is 1. The molecule has 0 unspecified atom stereocenters. The van der Waals surface area contributed by atoms with Crippen LogP contribution in [0, 0.1) is 0 Å². The molecule has 5 nitrogen and oxygen atoms in total. The molecule has 0 bridgehead atoms. The Morgan fingerprint density at radius 3 is 1.89 bits per heavy atom. The van der Waals surface area contributed by atoms with E-state index in [0.29, 0.717) is 24.8 Å². The van der Waals surface area contributed by atoms with Crippen LogP contribution in [0.4, 0.5) is 0 Å². The Bertz CT molecular complexity index is 782. The summed E-state index contributed by atoms with van der Waals surface area (Å²) in [5, 5.41) is 0. The van der Waals surface area contributed by atoms with Crippen molar-refractivity contribution in [2.75, 3.05) is 13.1 Å². The first-order chi connectivity index (χ1) is 13.7. The molecule has 2 aromatic carbocycles. The Hall–Kier alpha value is -3.08. The minimum Gasteiger partial charge on any atom is -0.483 e. The number of nitrogens with zero attached hydrogens (tertiary/aromatic N) is 1. The van der Waals surface area contributed by atoms with Crippen LogP contribution in [0.3, 0.4) is 0 Å². The number of rotatable bonds is 8. The Kier molecular flexibility index (Phi) is 7.24. The van der Waals surface area contributed by atoms with E-state index >= 15 is 0 Å². The van der Waals surface area contributed by atoms with Gasteiger partial charge < -0.3 is 25.8 Å². The van der Waals surface area contributed by atoms with Crippen molar-refractivity contribution in [3.05, 3.63) is 95.3 Å². The van der Waals surface area contributed by atoms with Gasteiger partial charge in [0.1, 0.15) is 19.0 Å². The summed E-state index contributed by atoms with van der Waals surface area (Å²) in [5.41, 5.74) is 14.6. The number of hydrogen-bond acceptors (Lipinski definition) is 5. The third-order valence-electron chi connectivity index (χ3n) is 4.72. The van der Waals surface area contributed by atoms with Gasteiger partial charge in [0.15, 0.2) is 5.76 Å². The van der Waals surface area contributed by atoms with E-state index in [1.54, 1.807) is 6.08 Å². The fourth-order valence-electron chi connectivity index (χ4n) is 3.10. The van der Waals surface area contributed by atoms with Crippen LogP contribution in [-0.4, -0.2) is 18.0 Å². The maximum atomic E-state index is 6.33. The molecule has 2 aromatic rings. The second-order valence-electron chi connectivity index (χ2n) is 6.89. The highest BCUT2D eigenvalue weighted by Gasteiger charge is 2.13. The third-order valence-corrected chi connectivity index (χ3v) is 4.72. The molecule has 4 N–H and O–H groups in total. The first-order valence-corrected chi connectivity index (χ1v) is 9.77. The van der Waals surface area contributed by atoms with Gasteiger partial charge in [-0.1, -0.05) is 60.7 Å². The zero-order chi connectivity index (χ0) is 19.6. The monoisotopic (exact) mass is 379 g/mol. The fraction of sp³-hybridized carbons (Fsp3) is 0.304. The molecule has 0 spiro atoms. The third kappa shape index (κ3) is 5.98. The Morgan fingerprint density at radius 1 is 0.786 bits per heavy atom. The molecule has 0 radical (unpaired) electrons. The number of benzene rings is 2. The van der Waals surface area contributed by atoms with E-state index in [4.69, 9.17) is 20.9 Å². The smallest absolute Gasteiger partial charge is 0.228 e. The van der Waals surface area contributed by atoms with Crippen LogP contribution in [0.25, 0.3) is 0 Å². The highest BCUT2D eigenvalue weighted by molar-refractivity contribution is 5.21. The average molecular weight is 380 g/mol. The summed E-state index contributed by atoms with van der Waals surface area (Å²) in [4.78, 5) is 2.17. The summed E-state index contributed by atoms with van der Waals surface area (Å²) in [6.45, 7) is 2.69. The summed E-state index contributed by atoms with van der Waals surface area (Å²) in [6.07, 6.45) is 5.34. The second-order valence-corrected chi connectivity index (χ2v) is 6.89. The Morgan fingerprint density at radius 2 is 1.32 bits per heavy atom.